The van der Waals surface area contributed by atoms with E-state index in [1.807, 2.05) is 34.1 Å². The van der Waals surface area contributed by atoms with Crippen LogP contribution in [-0.2, 0) is 20.2 Å². The second-order valence-corrected chi connectivity index (χ2v) is 14.8. The van der Waals surface area contributed by atoms with Crippen LogP contribution < -0.4 is 9.80 Å². The first-order valence-electron chi connectivity index (χ1n) is 14.9. The molecule has 0 aliphatic rings. The first-order valence-corrected chi connectivity index (χ1v) is 19.9. The molecule has 4 rings (SSSR count). The van der Waals surface area contributed by atoms with Crippen LogP contribution in [0.3, 0.4) is 0 Å². The Morgan fingerprint density at radius 3 is 1.00 bits per heavy atom. The van der Waals surface area contributed by atoms with Gasteiger partial charge in [-0.15, -0.1) is 46.4 Å². The average Bonchev–Trinajstić information content (AvgIpc) is 3.09. The number of benzene rings is 4. The predicted octanol–water partition coefficient (Wildman–Crippen LogP) is 7.60. The summed E-state index contributed by atoms with van der Waals surface area (Å²) in [6.07, 6.45) is 0. The molecule has 0 aromatic heterocycles. The van der Waals surface area contributed by atoms with Crippen molar-refractivity contribution in [2.24, 2.45) is 20.5 Å². The summed E-state index contributed by atoms with van der Waals surface area (Å²) >= 11 is 23.5. The maximum atomic E-state index is 12.5. The molecule has 0 saturated carbocycles. The van der Waals surface area contributed by atoms with E-state index in [0.717, 1.165) is 23.5 Å². The molecule has 52 heavy (non-hydrogen) atoms. The van der Waals surface area contributed by atoms with Gasteiger partial charge in [0.05, 0.1) is 22.7 Å². The summed E-state index contributed by atoms with van der Waals surface area (Å²) in [6, 6.07) is 21.4. The minimum atomic E-state index is -4.91. The van der Waals surface area contributed by atoms with E-state index in [1.54, 1.807) is 24.3 Å². The second kappa shape index (κ2) is 20.7. The van der Waals surface area contributed by atoms with Gasteiger partial charge in [-0.05, 0) is 72.8 Å². The van der Waals surface area contributed by atoms with Crippen LogP contribution in [0.25, 0.3) is 11.1 Å². The Bertz CT molecular complexity index is 1880. The van der Waals surface area contributed by atoms with Crippen molar-refractivity contribution < 1.29 is 36.9 Å². The van der Waals surface area contributed by atoms with Gasteiger partial charge in [0.2, 0.25) is 0 Å². The fraction of sp³-hybridized carbons (Fsp3) is 0.250. The van der Waals surface area contributed by atoms with Crippen LogP contribution in [-0.4, -0.2) is 86.6 Å². The summed E-state index contributed by atoms with van der Waals surface area (Å²) in [5.41, 5.74) is 2.36. The number of alkyl halides is 4. The molecular weight excluding hydrogens is 802 g/mol. The fourth-order valence-electron chi connectivity index (χ4n) is 4.86. The number of anilines is 2. The molecule has 20 heteroatoms. The maximum Gasteiger partial charge on any atom is 0.295 e. The fourth-order valence-corrected chi connectivity index (χ4v) is 7.12. The smallest absolute Gasteiger partial charge is 0.295 e. The average molecular weight is 839 g/mol. The summed E-state index contributed by atoms with van der Waals surface area (Å²) in [5.74, 6) is 1.69. The van der Waals surface area contributed by atoms with Crippen molar-refractivity contribution in [3.05, 3.63) is 84.9 Å². The zero-order chi connectivity index (χ0) is 36.3. The number of halogens is 4. The lowest BCUT2D eigenvalue weighted by molar-refractivity contribution is 0.480. The van der Waals surface area contributed by atoms with E-state index in [0.29, 0.717) is 61.1 Å². The van der Waals surface area contributed by atoms with Crippen molar-refractivity contribution in [2.75, 3.05) is 59.5 Å². The number of nitrogens with zero attached hydrogens (tertiary/aromatic N) is 6. The molecule has 0 amide bonds. The third kappa shape index (κ3) is 12.3. The minimum Gasteiger partial charge on any atom is -0.412 e. The van der Waals surface area contributed by atoms with Gasteiger partial charge in [-0.3, -0.25) is 9.11 Å². The summed E-state index contributed by atoms with van der Waals surface area (Å²) in [7, 11) is -9.83. The molecule has 0 unspecified atom stereocenters. The molecule has 0 fully saturated rings. The standard InChI is InChI=1S/C32H32Cl4N6O6S2.2H2O/c33-13-17-41(18-14-34)27-7-1-23(2-8-27)37-39-25-5-11-29(31(21-25)49(43,44)45)30-12-6-26(22-32(30)50(46,47)48)40-38-24-3-9-28(10-4-24)42(19-15-35)20-16-36;;/h1-12,21-22H,13-20H2,(H,43,44,45)(H,46,47,48);2*1H2. The van der Waals surface area contributed by atoms with Crippen LogP contribution in [0.2, 0.25) is 0 Å². The Kier molecular flexibility index (Phi) is 17.8. The van der Waals surface area contributed by atoms with Gasteiger partial charge < -0.3 is 20.8 Å². The van der Waals surface area contributed by atoms with Crippen molar-refractivity contribution in [1.82, 2.24) is 0 Å². The SMILES string of the molecule is O.O.O=S(=O)(O)c1cc(N=Nc2ccc(N(CCCl)CCCl)cc2)ccc1-c1ccc(N=Nc2ccc(N(CCCl)CCCl)cc2)cc1S(=O)(=O)O. The maximum absolute atomic E-state index is 12.5. The first-order chi connectivity index (χ1) is 23.9. The Morgan fingerprint density at radius 2 is 0.731 bits per heavy atom. The van der Waals surface area contributed by atoms with E-state index in [2.05, 4.69) is 20.5 Å². The lowest BCUT2D eigenvalue weighted by Gasteiger charge is -2.22. The molecular formula is C32H36Cl4N6O8S2. The molecule has 4 aromatic rings. The van der Waals surface area contributed by atoms with Crippen LogP contribution in [0, 0.1) is 0 Å². The quantitative estimate of drug-likeness (QED) is 0.0610. The van der Waals surface area contributed by atoms with Crippen LogP contribution in [0.1, 0.15) is 0 Å². The van der Waals surface area contributed by atoms with Crippen LogP contribution in [0.15, 0.2) is 115 Å². The highest BCUT2D eigenvalue weighted by Crippen LogP contribution is 2.37. The third-order valence-electron chi connectivity index (χ3n) is 7.19. The summed E-state index contributed by atoms with van der Waals surface area (Å²) < 4.78 is 70.1. The van der Waals surface area contributed by atoms with E-state index in [9.17, 15) is 25.9 Å². The van der Waals surface area contributed by atoms with E-state index in [1.165, 1.54) is 24.3 Å². The normalized spacial score (nSPS) is 11.7. The molecule has 0 atom stereocenters. The second-order valence-electron chi connectivity index (χ2n) is 10.5. The van der Waals surface area contributed by atoms with Crippen LogP contribution in [0.4, 0.5) is 34.1 Å². The Hall–Kier alpha value is -3.42. The molecule has 0 heterocycles. The van der Waals surface area contributed by atoms with E-state index >= 15 is 0 Å². The Balaban J connectivity index is 0.00000468. The van der Waals surface area contributed by atoms with Gasteiger partial charge in [0.1, 0.15) is 9.79 Å². The van der Waals surface area contributed by atoms with Gasteiger partial charge in [-0.2, -0.15) is 37.3 Å². The number of hydrogen-bond donors (Lipinski definition) is 2. The lowest BCUT2D eigenvalue weighted by Crippen LogP contribution is -2.27. The van der Waals surface area contributed by atoms with Crippen LogP contribution >= 0.6 is 46.4 Å². The number of hydrogen-bond acceptors (Lipinski definition) is 10. The third-order valence-corrected chi connectivity index (χ3v) is 9.65. The predicted molar refractivity (Wildman–Crippen MR) is 207 cm³/mol. The van der Waals surface area contributed by atoms with Crippen molar-refractivity contribution >= 4 is 101 Å². The molecule has 0 bridgehead atoms. The zero-order valence-electron chi connectivity index (χ0n) is 27.3. The summed E-state index contributed by atoms with van der Waals surface area (Å²) in [5, 5.41) is 16.5. The highest BCUT2D eigenvalue weighted by atomic mass is 35.5. The highest BCUT2D eigenvalue weighted by molar-refractivity contribution is 7.86. The first kappa shape index (κ1) is 44.7. The van der Waals surface area contributed by atoms with E-state index < -0.39 is 30.0 Å². The van der Waals surface area contributed by atoms with Gasteiger partial charge in [-0.1, -0.05) is 12.1 Å². The number of rotatable bonds is 17. The van der Waals surface area contributed by atoms with Gasteiger partial charge in [0, 0.05) is 72.2 Å². The van der Waals surface area contributed by atoms with Crippen LogP contribution in [0.5, 0.6) is 0 Å². The zero-order valence-corrected chi connectivity index (χ0v) is 31.9. The largest absolute Gasteiger partial charge is 0.412 e. The van der Waals surface area contributed by atoms with Crippen molar-refractivity contribution in [3.63, 3.8) is 0 Å². The van der Waals surface area contributed by atoms with Gasteiger partial charge >= 0.3 is 0 Å². The monoisotopic (exact) mass is 836 g/mol. The Labute approximate surface area is 321 Å². The lowest BCUT2D eigenvalue weighted by atomic mass is 10.0. The van der Waals surface area contributed by atoms with Crippen molar-refractivity contribution in [2.45, 2.75) is 9.79 Å². The van der Waals surface area contributed by atoms with Gasteiger partial charge in [0.15, 0.2) is 0 Å². The van der Waals surface area contributed by atoms with E-state index in [4.69, 9.17) is 46.4 Å². The minimum absolute atomic E-state index is 0. The van der Waals surface area contributed by atoms with Gasteiger partial charge in [0.25, 0.3) is 20.2 Å². The topological polar surface area (TPSA) is 228 Å². The molecule has 0 aliphatic heterocycles. The highest BCUT2D eigenvalue weighted by Gasteiger charge is 2.24. The molecule has 0 aliphatic carbocycles. The molecule has 282 valence electrons. The molecule has 0 saturated heterocycles. The molecule has 0 spiro atoms. The van der Waals surface area contributed by atoms with Crippen molar-refractivity contribution in [3.8, 4) is 11.1 Å². The number of azo groups is 2. The Morgan fingerprint density at radius 1 is 0.462 bits per heavy atom. The molecule has 0 radical (unpaired) electrons. The summed E-state index contributed by atoms with van der Waals surface area (Å²) in [4.78, 5) is 2.71. The molecule has 4 aromatic carbocycles. The van der Waals surface area contributed by atoms with Crippen molar-refractivity contribution in [1.29, 1.82) is 0 Å². The van der Waals surface area contributed by atoms with E-state index in [-0.39, 0.29) is 33.5 Å². The van der Waals surface area contributed by atoms with Gasteiger partial charge in [-0.25, -0.2) is 0 Å². The molecule has 6 N–H and O–H groups in total. The molecule has 14 nitrogen and oxygen atoms in total. The summed E-state index contributed by atoms with van der Waals surface area (Å²) in [6.45, 7) is 2.41.